The van der Waals surface area contributed by atoms with E-state index in [2.05, 4.69) is 14.9 Å². The zero-order valence-corrected chi connectivity index (χ0v) is 21.6. The highest BCUT2D eigenvalue weighted by atomic mass is 35.5. The molecule has 2 aromatic rings. The van der Waals surface area contributed by atoms with Crippen LogP contribution in [0.3, 0.4) is 0 Å². The second-order valence-corrected chi connectivity index (χ2v) is 9.47. The van der Waals surface area contributed by atoms with E-state index < -0.39 is 0 Å². The summed E-state index contributed by atoms with van der Waals surface area (Å²) in [5.41, 5.74) is 14.6. The van der Waals surface area contributed by atoms with Crippen molar-refractivity contribution in [1.29, 1.82) is 0 Å². The van der Waals surface area contributed by atoms with Gasteiger partial charge in [-0.1, -0.05) is 23.2 Å². The summed E-state index contributed by atoms with van der Waals surface area (Å²) in [4.78, 5) is 25.8. The molecule has 4 rings (SSSR count). The number of morpholine rings is 1. The quantitative estimate of drug-likeness (QED) is 0.417. The zero-order chi connectivity index (χ0) is 25.7. The van der Waals surface area contributed by atoms with Crippen molar-refractivity contribution in [2.45, 2.75) is 19.0 Å². The molecule has 2 aliphatic rings. The van der Waals surface area contributed by atoms with Crippen molar-refractivity contribution in [2.24, 2.45) is 21.5 Å². The molecule has 1 amide bonds. The van der Waals surface area contributed by atoms with Crippen LogP contribution in [-0.2, 0) is 11.3 Å². The van der Waals surface area contributed by atoms with Crippen LogP contribution in [0.5, 0.6) is 5.75 Å². The third kappa shape index (κ3) is 6.28. The van der Waals surface area contributed by atoms with Crippen LogP contribution < -0.4 is 16.2 Å². The fourth-order valence-corrected chi connectivity index (χ4v) is 4.68. The number of ether oxygens (including phenoxy) is 2. The summed E-state index contributed by atoms with van der Waals surface area (Å²) in [5, 5.41) is 1.26. The van der Waals surface area contributed by atoms with E-state index in [0.29, 0.717) is 91.1 Å². The number of methoxy groups -OCH3 is 1. The number of carbonyl (C=O) groups is 1. The maximum absolute atomic E-state index is 12.8. The molecule has 2 aliphatic heterocycles. The van der Waals surface area contributed by atoms with Gasteiger partial charge >= 0.3 is 0 Å². The largest absolute Gasteiger partial charge is 0.494 e. The molecule has 1 saturated heterocycles. The summed E-state index contributed by atoms with van der Waals surface area (Å²) in [7, 11) is 1.54. The van der Waals surface area contributed by atoms with Gasteiger partial charge in [0.25, 0.3) is 5.91 Å². The van der Waals surface area contributed by atoms with Crippen LogP contribution in [0.1, 0.15) is 22.3 Å². The molecule has 0 radical (unpaired) electrons. The van der Waals surface area contributed by atoms with Gasteiger partial charge in [-0.05, 0) is 42.0 Å². The van der Waals surface area contributed by atoms with Gasteiger partial charge < -0.3 is 25.8 Å². The van der Waals surface area contributed by atoms with E-state index in [1.54, 1.807) is 35.2 Å². The van der Waals surface area contributed by atoms with Crippen molar-refractivity contribution >= 4 is 46.5 Å². The normalized spacial score (nSPS) is 19.2. The van der Waals surface area contributed by atoms with Crippen LogP contribution in [0.4, 0.5) is 5.69 Å². The lowest BCUT2D eigenvalue weighted by Crippen LogP contribution is -2.50. The first kappa shape index (κ1) is 26.2. The lowest BCUT2D eigenvalue weighted by molar-refractivity contribution is 0.0302. The first-order chi connectivity index (χ1) is 17.4. The molecule has 2 aromatic carbocycles. The van der Waals surface area contributed by atoms with E-state index >= 15 is 0 Å². The maximum atomic E-state index is 12.8. The predicted molar refractivity (Wildman–Crippen MR) is 143 cm³/mol. The van der Waals surface area contributed by atoms with Gasteiger partial charge in [-0.15, -0.1) is 0 Å². The van der Waals surface area contributed by atoms with Crippen LogP contribution in [0.2, 0.25) is 10.0 Å². The second-order valence-electron chi connectivity index (χ2n) is 8.63. The molecule has 2 heterocycles. The van der Waals surface area contributed by atoms with Gasteiger partial charge in [0.05, 0.1) is 32.9 Å². The molecule has 0 aliphatic carbocycles. The van der Waals surface area contributed by atoms with E-state index in [1.807, 2.05) is 6.07 Å². The number of nitrogens with two attached hydrogens (primary N) is 2. The Kier molecular flexibility index (Phi) is 8.68. The van der Waals surface area contributed by atoms with Gasteiger partial charge in [-0.25, -0.2) is 4.99 Å². The van der Waals surface area contributed by atoms with Gasteiger partial charge in [0.1, 0.15) is 23.1 Å². The standard InChI is InChI=1S/C25H30Cl2N6O3/c1-35-22-13-16(25(34)32-8-10-36-11-9-32)2-5-20(22)31-23(28)14-21-24(29)30-6-7-33(21)15-17-12-18(26)3-4-19(17)27/h2-5,12-13,21H,6-11,14-15H2,1H3,(H2,28,31)(H2,29,30). The smallest absolute Gasteiger partial charge is 0.254 e. The molecule has 0 saturated carbocycles. The Morgan fingerprint density at radius 2 is 1.97 bits per heavy atom. The van der Waals surface area contributed by atoms with Gasteiger partial charge in [-0.2, -0.15) is 0 Å². The van der Waals surface area contributed by atoms with Crippen molar-refractivity contribution < 1.29 is 14.3 Å². The Hall–Kier alpha value is -2.85. The number of hydrogen-bond acceptors (Lipinski definition) is 7. The fourth-order valence-electron chi connectivity index (χ4n) is 4.31. The van der Waals surface area contributed by atoms with Crippen LogP contribution in [0.15, 0.2) is 46.4 Å². The summed E-state index contributed by atoms with van der Waals surface area (Å²) in [6.07, 6.45) is 0.366. The molecule has 1 atom stereocenters. The van der Waals surface area contributed by atoms with Crippen molar-refractivity contribution in [1.82, 2.24) is 9.80 Å². The molecule has 1 unspecified atom stereocenters. The molecule has 1 fully saturated rings. The fraction of sp³-hybridized carbons (Fsp3) is 0.400. The van der Waals surface area contributed by atoms with E-state index in [9.17, 15) is 4.79 Å². The molecule has 192 valence electrons. The number of hydrogen-bond donors (Lipinski definition) is 2. The third-order valence-electron chi connectivity index (χ3n) is 6.24. The average Bonchev–Trinajstić information content (AvgIpc) is 2.88. The summed E-state index contributed by atoms with van der Waals surface area (Å²) in [6.45, 7) is 4.04. The molecule has 11 heteroatoms. The summed E-state index contributed by atoms with van der Waals surface area (Å²) >= 11 is 12.6. The molecular weight excluding hydrogens is 503 g/mol. The van der Waals surface area contributed by atoms with Crippen LogP contribution >= 0.6 is 23.2 Å². The van der Waals surface area contributed by atoms with Crippen molar-refractivity contribution in [3.63, 3.8) is 0 Å². The molecule has 0 spiro atoms. The van der Waals surface area contributed by atoms with Crippen LogP contribution in [0, 0.1) is 0 Å². The van der Waals surface area contributed by atoms with Crippen molar-refractivity contribution in [3.05, 3.63) is 57.6 Å². The highest BCUT2D eigenvalue weighted by molar-refractivity contribution is 6.33. The summed E-state index contributed by atoms with van der Waals surface area (Å²) < 4.78 is 10.8. The number of aliphatic imine (C=N–C) groups is 2. The minimum atomic E-state index is -0.245. The lowest BCUT2D eigenvalue weighted by atomic mass is 10.1. The number of carbonyl (C=O) groups excluding carboxylic acids is 1. The zero-order valence-electron chi connectivity index (χ0n) is 20.1. The van der Waals surface area contributed by atoms with Crippen molar-refractivity contribution in [3.8, 4) is 5.75 Å². The molecule has 9 nitrogen and oxygen atoms in total. The molecule has 0 aromatic heterocycles. The monoisotopic (exact) mass is 532 g/mol. The van der Waals surface area contributed by atoms with Gasteiger partial charge in [0, 0.05) is 48.2 Å². The van der Waals surface area contributed by atoms with Crippen molar-refractivity contribution in [2.75, 3.05) is 46.5 Å². The Morgan fingerprint density at radius 1 is 1.19 bits per heavy atom. The van der Waals surface area contributed by atoms with E-state index in [1.165, 1.54) is 7.11 Å². The van der Waals surface area contributed by atoms with E-state index in [4.69, 9.17) is 44.1 Å². The maximum Gasteiger partial charge on any atom is 0.254 e. The van der Waals surface area contributed by atoms with E-state index in [-0.39, 0.29) is 11.9 Å². The summed E-state index contributed by atoms with van der Waals surface area (Å²) in [6, 6.07) is 10.3. The number of amidine groups is 2. The molecular formula is C25H30Cl2N6O3. The van der Waals surface area contributed by atoms with Crippen LogP contribution in [0.25, 0.3) is 0 Å². The number of rotatable bonds is 7. The minimum Gasteiger partial charge on any atom is -0.494 e. The second kappa shape index (κ2) is 11.9. The number of halogens is 2. The van der Waals surface area contributed by atoms with Crippen LogP contribution in [-0.4, -0.2) is 79.9 Å². The molecule has 4 N–H and O–H groups in total. The first-order valence-corrected chi connectivity index (χ1v) is 12.5. The number of amides is 1. The minimum absolute atomic E-state index is 0.0680. The van der Waals surface area contributed by atoms with Gasteiger partial charge in [0.2, 0.25) is 0 Å². The predicted octanol–water partition coefficient (Wildman–Crippen LogP) is 3.09. The highest BCUT2D eigenvalue weighted by Crippen LogP contribution is 2.30. The Labute approximate surface area is 220 Å². The SMILES string of the molecule is COc1cc(C(=O)N2CCOCC2)ccc1N=C(N)CC1C(N)=NCCN1Cc1cc(Cl)ccc1Cl. The lowest BCUT2D eigenvalue weighted by Gasteiger charge is -2.34. The Bertz CT molecular complexity index is 1170. The third-order valence-corrected chi connectivity index (χ3v) is 6.84. The van der Waals surface area contributed by atoms with Gasteiger partial charge in [0.15, 0.2) is 0 Å². The van der Waals surface area contributed by atoms with Gasteiger partial charge in [-0.3, -0.25) is 14.7 Å². The topological polar surface area (TPSA) is 119 Å². The number of benzene rings is 2. The highest BCUT2D eigenvalue weighted by Gasteiger charge is 2.27. The first-order valence-electron chi connectivity index (χ1n) is 11.7. The van der Waals surface area contributed by atoms with E-state index in [0.717, 1.165) is 5.56 Å². The molecule has 36 heavy (non-hydrogen) atoms. The Balaban J connectivity index is 1.51. The summed E-state index contributed by atoms with van der Waals surface area (Å²) in [5.74, 6) is 1.26. The average molecular weight is 533 g/mol. The Morgan fingerprint density at radius 3 is 2.72 bits per heavy atom. The number of nitrogens with zero attached hydrogens (tertiary/aromatic N) is 4. The molecule has 0 bridgehead atoms.